The molecule has 1 heterocycles. The molecule has 1 aromatic heterocycles. The SMILES string of the molecule is Cc1ccccc1C(=O)N/N=C\c1ccc(-c2ccccc2C#N)o1. The normalized spacial score (nSPS) is 10.6. The van der Waals surface area contributed by atoms with Gasteiger partial charge in [0.1, 0.15) is 11.5 Å². The summed E-state index contributed by atoms with van der Waals surface area (Å²) >= 11 is 0. The van der Waals surface area contributed by atoms with Crippen LogP contribution >= 0.6 is 0 Å². The molecule has 122 valence electrons. The van der Waals surface area contributed by atoms with Crippen LogP contribution in [0.3, 0.4) is 0 Å². The second kappa shape index (κ2) is 7.28. The zero-order valence-corrected chi connectivity index (χ0v) is 13.6. The van der Waals surface area contributed by atoms with Gasteiger partial charge < -0.3 is 4.42 Å². The van der Waals surface area contributed by atoms with Crippen molar-refractivity contribution in [3.05, 3.63) is 83.1 Å². The van der Waals surface area contributed by atoms with Crippen LogP contribution in [0.15, 0.2) is 70.2 Å². The van der Waals surface area contributed by atoms with Gasteiger partial charge in [-0.1, -0.05) is 30.3 Å². The van der Waals surface area contributed by atoms with E-state index < -0.39 is 0 Å². The third kappa shape index (κ3) is 3.65. The van der Waals surface area contributed by atoms with Gasteiger partial charge in [-0.2, -0.15) is 10.4 Å². The van der Waals surface area contributed by atoms with E-state index in [1.165, 1.54) is 6.21 Å². The monoisotopic (exact) mass is 329 g/mol. The molecule has 5 nitrogen and oxygen atoms in total. The molecule has 25 heavy (non-hydrogen) atoms. The number of aryl methyl sites for hydroxylation is 1. The Balaban J connectivity index is 1.72. The van der Waals surface area contributed by atoms with Crippen molar-refractivity contribution >= 4 is 12.1 Å². The van der Waals surface area contributed by atoms with Gasteiger partial charge in [0, 0.05) is 11.1 Å². The highest BCUT2D eigenvalue weighted by Crippen LogP contribution is 2.24. The first kappa shape index (κ1) is 16.2. The van der Waals surface area contributed by atoms with E-state index in [4.69, 9.17) is 9.68 Å². The standard InChI is InChI=1S/C20H15N3O2/c1-14-6-2-4-8-17(14)20(24)23-22-13-16-10-11-19(25-16)18-9-5-3-7-15(18)12-21/h2-11,13H,1H3,(H,23,24)/b22-13-. The Morgan fingerprint density at radius 1 is 1.12 bits per heavy atom. The Labute approximate surface area is 145 Å². The second-order valence-corrected chi connectivity index (χ2v) is 5.37. The Morgan fingerprint density at radius 2 is 1.88 bits per heavy atom. The first-order chi connectivity index (χ1) is 12.2. The molecule has 0 saturated carbocycles. The molecule has 0 aliphatic heterocycles. The fraction of sp³-hybridized carbons (Fsp3) is 0.0500. The van der Waals surface area contributed by atoms with Gasteiger partial charge in [-0.05, 0) is 42.8 Å². The first-order valence-corrected chi connectivity index (χ1v) is 7.67. The fourth-order valence-electron chi connectivity index (χ4n) is 2.40. The van der Waals surface area contributed by atoms with Crippen LogP contribution in [0, 0.1) is 18.3 Å². The molecule has 0 aliphatic rings. The summed E-state index contributed by atoms with van der Waals surface area (Å²) in [5, 5.41) is 13.1. The van der Waals surface area contributed by atoms with E-state index in [9.17, 15) is 4.79 Å². The average Bonchev–Trinajstić information content (AvgIpc) is 3.10. The lowest BCUT2D eigenvalue weighted by molar-refractivity contribution is 0.0954. The number of furan rings is 1. The van der Waals surface area contributed by atoms with Crippen molar-refractivity contribution in [2.45, 2.75) is 6.92 Å². The minimum absolute atomic E-state index is 0.282. The summed E-state index contributed by atoms with van der Waals surface area (Å²) in [5.74, 6) is 0.771. The fourth-order valence-corrected chi connectivity index (χ4v) is 2.40. The predicted octanol–water partition coefficient (Wildman–Crippen LogP) is 3.89. The molecule has 2 aromatic carbocycles. The van der Waals surface area contributed by atoms with Crippen LogP contribution in [0.1, 0.15) is 27.2 Å². The number of nitrogens with one attached hydrogen (secondary N) is 1. The number of hydrogen-bond donors (Lipinski definition) is 1. The van der Waals surface area contributed by atoms with E-state index in [0.29, 0.717) is 28.2 Å². The van der Waals surface area contributed by atoms with Crippen LogP contribution in [0.4, 0.5) is 0 Å². The van der Waals surface area contributed by atoms with Crippen molar-refractivity contribution < 1.29 is 9.21 Å². The summed E-state index contributed by atoms with van der Waals surface area (Å²) in [7, 11) is 0. The van der Waals surface area contributed by atoms with Gasteiger partial charge in [-0.25, -0.2) is 5.43 Å². The van der Waals surface area contributed by atoms with E-state index in [-0.39, 0.29) is 5.91 Å². The largest absolute Gasteiger partial charge is 0.455 e. The van der Waals surface area contributed by atoms with Gasteiger partial charge in [0.15, 0.2) is 0 Å². The molecule has 0 spiro atoms. The Morgan fingerprint density at radius 3 is 2.68 bits per heavy atom. The molecule has 3 rings (SSSR count). The molecule has 1 amide bonds. The van der Waals surface area contributed by atoms with Crippen molar-refractivity contribution in [1.82, 2.24) is 5.43 Å². The average molecular weight is 329 g/mol. The smallest absolute Gasteiger partial charge is 0.271 e. The molecule has 0 bridgehead atoms. The number of nitrogens with zero attached hydrogens (tertiary/aromatic N) is 2. The van der Waals surface area contributed by atoms with Crippen molar-refractivity contribution in [2.75, 3.05) is 0 Å². The molecule has 3 aromatic rings. The number of rotatable bonds is 4. The predicted molar refractivity (Wildman–Crippen MR) is 95.1 cm³/mol. The first-order valence-electron chi connectivity index (χ1n) is 7.67. The summed E-state index contributed by atoms with van der Waals surface area (Å²) in [5.41, 5.74) is 5.18. The molecule has 0 atom stereocenters. The number of hydrogen-bond acceptors (Lipinski definition) is 4. The lowest BCUT2D eigenvalue weighted by atomic mass is 10.1. The lowest BCUT2D eigenvalue weighted by Crippen LogP contribution is -2.18. The summed E-state index contributed by atoms with van der Waals surface area (Å²) < 4.78 is 5.67. The van der Waals surface area contributed by atoms with E-state index >= 15 is 0 Å². The summed E-state index contributed by atoms with van der Waals surface area (Å²) in [4.78, 5) is 12.1. The van der Waals surface area contributed by atoms with Crippen molar-refractivity contribution in [3.8, 4) is 17.4 Å². The number of benzene rings is 2. The highest BCUT2D eigenvalue weighted by molar-refractivity contribution is 5.96. The van der Waals surface area contributed by atoms with Crippen LogP contribution in [0.2, 0.25) is 0 Å². The minimum atomic E-state index is -0.282. The molecule has 0 fully saturated rings. The zero-order chi connectivity index (χ0) is 17.6. The number of carbonyl (C=O) groups excluding carboxylic acids is 1. The van der Waals surface area contributed by atoms with Gasteiger partial charge in [0.2, 0.25) is 0 Å². The molecule has 0 radical (unpaired) electrons. The highest BCUT2D eigenvalue weighted by atomic mass is 16.3. The van der Waals surface area contributed by atoms with Gasteiger partial charge >= 0.3 is 0 Å². The Kier molecular flexibility index (Phi) is 4.72. The zero-order valence-electron chi connectivity index (χ0n) is 13.6. The van der Waals surface area contributed by atoms with E-state index in [0.717, 1.165) is 5.56 Å². The van der Waals surface area contributed by atoms with Crippen molar-refractivity contribution in [3.63, 3.8) is 0 Å². The third-order valence-corrected chi connectivity index (χ3v) is 3.69. The maximum absolute atomic E-state index is 12.1. The number of amides is 1. The van der Waals surface area contributed by atoms with E-state index in [1.807, 2.05) is 31.2 Å². The molecule has 1 N–H and O–H groups in total. The van der Waals surface area contributed by atoms with Gasteiger partial charge in [-0.3, -0.25) is 4.79 Å². The third-order valence-electron chi connectivity index (χ3n) is 3.69. The van der Waals surface area contributed by atoms with Crippen LogP contribution in [0.5, 0.6) is 0 Å². The molecular formula is C20H15N3O2. The van der Waals surface area contributed by atoms with Gasteiger partial charge in [0.25, 0.3) is 5.91 Å². The van der Waals surface area contributed by atoms with E-state index in [1.54, 1.807) is 36.4 Å². The molecule has 0 saturated heterocycles. The highest BCUT2D eigenvalue weighted by Gasteiger charge is 2.09. The summed E-state index contributed by atoms with van der Waals surface area (Å²) in [6.45, 7) is 1.87. The minimum Gasteiger partial charge on any atom is -0.455 e. The van der Waals surface area contributed by atoms with Crippen LogP contribution < -0.4 is 5.43 Å². The Bertz CT molecular complexity index is 980. The van der Waals surface area contributed by atoms with Crippen molar-refractivity contribution in [1.29, 1.82) is 5.26 Å². The van der Waals surface area contributed by atoms with Crippen LogP contribution in [-0.2, 0) is 0 Å². The van der Waals surface area contributed by atoms with Crippen LogP contribution in [0.25, 0.3) is 11.3 Å². The summed E-state index contributed by atoms with van der Waals surface area (Å²) in [6, 6.07) is 20.1. The van der Waals surface area contributed by atoms with E-state index in [2.05, 4.69) is 16.6 Å². The Hall–Kier alpha value is -3.65. The lowest BCUT2D eigenvalue weighted by Gasteiger charge is -2.02. The maximum atomic E-state index is 12.1. The topological polar surface area (TPSA) is 78.4 Å². The molecular weight excluding hydrogens is 314 g/mol. The van der Waals surface area contributed by atoms with Gasteiger partial charge in [0.05, 0.1) is 17.8 Å². The number of nitriles is 1. The summed E-state index contributed by atoms with van der Waals surface area (Å²) in [6.07, 6.45) is 1.43. The number of carbonyl (C=O) groups is 1. The van der Waals surface area contributed by atoms with Crippen LogP contribution in [-0.4, -0.2) is 12.1 Å². The quantitative estimate of drug-likeness (QED) is 0.582. The molecule has 5 heteroatoms. The van der Waals surface area contributed by atoms with Gasteiger partial charge in [-0.15, -0.1) is 0 Å². The second-order valence-electron chi connectivity index (χ2n) is 5.37. The molecule has 0 aliphatic carbocycles. The number of hydrazone groups is 1. The maximum Gasteiger partial charge on any atom is 0.271 e. The van der Waals surface area contributed by atoms with Crippen molar-refractivity contribution in [2.24, 2.45) is 5.10 Å². The molecule has 0 unspecified atom stereocenters.